The molecule has 26 heavy (non-hydrogen) atoms. The molecule has 1 amide bonds. The second-order valence-electron chi connectivity index (χ2n) is 6.91. The van der Waals surface area contributed by atoms with Crippen molar-refractivity contribution in [3.05, 3.63) is 47.5 Å². The number of amides is 1. The number of nitrogens with one attached hydrogen (secondary N) is 1. The molecule has 1 N–H and O–H groups in total. The van der Waals surface area contributed by atoms with Gasteiger partial charge in [-0.2, -0.15) is 4.31 Å². The Balaban J connectivity index is 1.90. The number of sulfonamides is 1. The lowest BCUT2D eigenvalue weighted by Crippen LogP contribution is -2.41. The number of aryl methyl sites for hydroxylation is 1. The summed E-state index contributed by atoms with van der Waals surface area (Å²) >= 11 is 0. The Morgan fingerprint density at radius 1 is 1.23 bits per heavy atom. The molecule has 1 aromatic heterocycles. The number of hydrogen-bond acceptors (Lipinski definition) is 4. The van der Waals surface area contributed by atoms with Gasteiger partial charge in [-0.05, 0) is 39.8 Å². The number of nitrogens with zero attached hydrogens (tertiary/aromatic N) is 3. The summed E-state index contributed by atoms with van der Waals surface area (Å²) in [6.07, 6.45) is 1.69. The maximum Gasteiger partial charge on any atom is 0.271 e. The van der Waals surface area contributed by atoms with E-state index < -0.39 is 16.1 Å². The fourth-order valence-electron chi connectivity index (χ4n) is 3.09. The van der Waals surface area contributed by atoms with Gasteiger partial charge in [0, 0.05) is 25.3 Å². The predicted molar refractivity (Wildman–Crippen MR) is 98.3 cm³/mol. The minimum Gasteiger partial charge on any atom is -0.348 e. The smallest absolute Gasteiger partial charge is 0.271 e. The third-order valence-electron chi connectivity index (χ3n) is 4.45. The van der Waals surface area contributed by atoms with E-state index in [1.807, 2.05) is 25.3 Å². The molecule has 2 aromatic rings. The first-order valence-electron chi connectivity index (χ1n) is 8.66. The molecule has 0 saturated carbocycles. The van der Waals surface area contributed by atoms with Gasteiger partial charge in [0.15, 0.2) is 0 Å². The van der Waals surface area contributed by atoms with Crippen molar-refractivity contribution in [3.63, 3.8) is 0 Å². The highest BCUT2D eigenvalue weighted by atomic mass is 32.2. The molecule has 1 aliphatic heterocycles. The van der Waals surface area contributed by atoms with Crippen molar-refractivity contribution in [2.75, 3.05) is 6.54 Å². The summed E-state index contributed by atoms with van der Waals surface area (Å²) in [5.74, 6) is 0.336. The SMILES string of the molecule is Cc1ccc(S(=O)(=O)N2CCn3cc(C(=O)NC(C)C)nc3[C@@H]2C)cc1. The molecule has 1 atom stereocenters. The van der Waals surface area contributed by atoms with Crippen molar-refractivity contribution in [3.8, 4) is 0 Å². The summed E-state index contributed by atoms with van der Waals surface area (Å²) in [5, 5.41) is 2.81. The number of fused-ring (bicyclic) bond motifs is 1. The van der Waals surface area contributed by atoms with Crippen LogP contribution in [-0.2, 0) is 16.6 Å². The third kappa shape index (κ3) is 3.39. The van der Waals surface area contributed by atoms with Gasteiger partial charge in [-0.15, -0.1) is 0 Å². The van der Waals surface area contributed by atoms with Gasteiger partial charge >= 0.3 is 0 Å². The average Bonchev–Trinajstić information content (AvgIpc) is 3.00. The number of rotatable bonds is 4. The molecule has 0 unspecified atom stereocenters. The van der Waals surface area contributed by atoms with Crippen LogP contribution < -0.4 is 5.32 Å². The highest BCUT2D eigenvalue weighted by molar-refractivity contribution is 7.89. The largest absolute Gasteiger partial charge is 0.348 e. The topological polar surface area (TPSA) is 84.3 Å². The van der Waals surface area contributed by atoms with Gasteiger partial charge in [0.2, 0.25) is 10.0 Å². The molecule has 3 rings (SSSR count). The molecular formula is C18H24N4O3S. The Morgan fingerprint density at radius 3 is 2.50 bits per heavy atom. The summed E-state index contributed by atoms with van der Waals surface area (Å²) in [4.78, 5) is 16.9. The van der Waals surface area contributed by atoms with Crippen molar-refractivity contribution in [1.29, 1.82) is 0 Å². The van der Waals surface area contributed by atoms with E-state index in [4.69, 9.17) is 0 Å². The Morgan fingerprint density at radius 2 is 1.88 bits per heavy atom. The molecule has 8 heteroatoms. The van der Waals surface area contributed by atoms with Crippen LogP contribution in [0.4, 0.5) is 0 Å². The van der Waals surface area contributed by atoms with Crippen molar-refractivity contribution in [2.45, 2.75) is 51.2 Å². The zero-order valence-corrected chi connectivity index (χ0v) is 16.2. The van der Waals surface area contributed by atoms with Crippen LogP contribution in [0, 0.1) is 6.92 Å². The molecule has 1 aliphatic rings. The maximum atomic E-state index is 13.0. The van der Waals surface area contributed by atoms with E-state index in [9.17, 15) is 13.2 Å². The van der Waals surface area contributed by atoms with Gasteiger partial charge in [-0.25, -0.2) is 13.4 Å². The Bertz CT molecular complexity index is 916. The highest BCUT2D eigenvalue weighted by Crippen LogP contribution is 2.30. The number of carbonyl (C=O) groups is 1. The normalized spacial score (nSPS) is 18.0. The van der Waals surface area contributed by atoms with E-state index >= 15 is 0 Å². The molecule has 1 aromatic carbocycles. The second-order valence-corrected chi connectivity index (χ2v) is 8.80. The van der Waals surface area contributed by atoms with E-state index in [-0.39, 0.29) is 16.8 Å². The van der Waals surface area contributed by atoms with Crippen molar-refractivity contribution in [2.24, 2.45) is 0 Å². The van der Waals surface area contributed by atoms with Crippen LogP contribution >= 0.6 is 0 Å². The van der Waals surface area contributed by atoms with E-state index in [0.717, 1.165) is 5.56 Å². The van der Waals surface area contributed by atoms with E-state index in [1.165, 1.54) is 4.31 Å². The molecular weight excluding hydrogens is 352 g/mol. The molecule has 0 spiro atoms. The number of aromatic nitrogens is 2. The minimum absolute atomic E-state index is 0.0112. The molecule has 0 saturated heterocycles. The first kappa shape index (κ1) is 18.6. The highest BCUT2D eigenvalue weighted by Gasteiger charge is 2.35. The van der Waals surface area contributed by atoms with Gasteiger partial charge in [0.1, 0.15) is 11.5 Å². The summed E-state index contributed by atoms with van der Waals surface area (Å²) < 4.78 is 29.3. The molecule has 0 bridgehead atoms. The average molecular weight is 376 g/mol. The zero-order valence-electron chi connectivity index (χ0n) is 15.4. The molecule has 7 nitrogen and oxygen atoms in total. The van der Waals surface area contributed by atoms with Gasteiger partial charge in [-0.1, -0.05) is 17.7 Å². The van der Waals surface area contributed by atoms with Crippen LogP contribution in [-0.4, -0.2) is 40.8 Å². The number of hydrogen-bond donors (Lipinski definition) is 1. The predicted octanol–water partition coefficient (Wildman–Crippen LogP) is 2.10. The molecule has 0 fully saturated rings. The van der Waals surface area contributed by atoms with Crippen LogP contribution in [0.1, 0.15) is 48.7 Å². The third-order valence-corrected chi connectivity index (χ3v) is 6.44. The lowest BCUT2D eigenvalue weighted by Gasteiger charge is -2.32. The fourth-order valence-corrected chi connectivity index (χ4v) is 4.67. The first-order valence-corrected chi connectivity index (χ1v) is 10.1. The minimum atomic E-state index is -3.62. The van der Waals surface area contributed by atoms with Gasteiger partial charge in [0.25, 0.3) is 5.91 Å². The van der Waals surface area contributed by atoms with Gasteiger partial charge in [-0.3, -0.25) is 4.79 Å². The van der Waals surface area contributed by atoms with Gasteiger partial charge in [0.05, 0.1) is 10.9 Å². The summed E-state index contributed by atoms with van der Waals surface area (Å²) in [5.41, 5.74) is 1.32. The molecule has 2 heterocycles. The molecule has 0 radical (unpaired) electrons. The summed E-state index contributed by atoms with van der Waals surface area (Å²) in [6, 6.07) is 6.39. The van der Waals surface area contributed by atoms with Crippen LogP contribution in [0.25, 0.3) is 0 Å². The van der Waals surface area contributed by atoms with Crippen molar-refractivity contribution >= 4 is 15.9 Å². The van der Waals surface area contributed by atoms with Crippen LogP contribution in [0.3, 0.4) is 0 Å². The van der Waals surface area contributed by atoms with E-state index in [1.54, 1.807) is 37.4 Å². The fraction of sp³-hybridized carbons (Fsp3) is 0.444. The van der Waals surface area contributed by atoms with Crippen LogP contribution in [0.5, 0.6) is 0 Å². The Labute approximate surface area is 154 Å². The monoisotopic (exact) mass is 376 g/mol. The van der Waals surface area contributed by atoms with Gasteiger partial charge < -0.3 is 9.88 Å². The van der Waals surface area contributed by atoms with Crippen LogP contribution in [0.2, 0.25) is 0 Å². The van der Waals surface area contributed by atoms with Crippen LogP contribution in [0.15, 0.2) is 35.4 Å². The molecule has 0 aliphatic carbocycles. The first-order chi connectivity index (χ1) is 12.2. The zero-order chi connectivity index (χ0) is 19.1. The second kappa shape index (κ2) is 6.85. The lowest BCUT2D eigenvalue weighted by atomic mass is 10.2. The molecule has 140 valence electrons. The number of benzene rings is 1. The van der Waals surface area contributed by atoms with Crippen molar-refractivity contribution in [1.82, 2.24) is 19.2 Å². The van der Waals surface area contributed by atoms with E-state index in [2.05, 4.69) is 10.3 Å². The number of imidazole rings is 1. The quantitative estimate of drug-likeness (QED) is 0.886. The lowest BCUT2D eigenvalue weighted by molar-refractivity contribution is 0.0938. The standard InChI is InChI=1S/C18H24N4O3S/c1-12(2)19-18(23)16-11-21-9-10-22(14(4)17(21)20-16)26(24,25)15-7-5-13(3)6-8-15/h5-8,11-12,14H,9-10H2,1-4H3,(H,19,23)/t14-/m0/s1. The summed E-state index contributed by atoms with van der Waals surface area (Å²) in [7, 11) is -3.62. The maximum absolute atomic E-state index is 13.0. The number of carbonyl (C=O) groups excluding carboxylic acids is 1. The van der Waals surface area contributed by atoms with E-state index in [0.29, 0.717) is 24.6 Å². The Kier molecular flexibility index (Phi) is 4.90. The van der Waals surface area contributed by atoms with Crippen molar-refractivity contribution < 1.29 is 13.2 Å². The Hall–Kier alpha value is -2.19. The summed E-state index contributed by atoms with van der Waals surface area (Å²) in [6.45, 7) is 8.28.